The van der Waals surface area contributed by atoms with E-state index in [1.54, 1.807) is 30.3 Å². The van der Waals surface area contributed by atoms with Crippen LogP contribution in [0, 0.1) is 0 Å². The minimum Gasteiger partial charge on any atom is -0.372 e. The van der Waals surface area contributed by atoms with Crippen LogP contribution in [0.2, 0.25) is 0 Å². The first-order valence-electron chi connectivity index (χ1n) is 10.2. The number of H-pyrrole nitrogens is 1. The maximum absolute atomic E-state index is 13.2. The van der Waals surface area contributed by atoms with Crippen LogP contribution in [-0.2, 0) is 0 Å². The highest BCUT2D eigenvalue weighted by atomic mass is 16.1. The van der Waals surface area contributed by atoms with Crippen molar-refractivity contribution in [3.8, 4) is 11.4 Å². The normalized spacial score (nSPS) is 12.7. The van der Waals surface area contributed by atoms with Crippen molar-refractivity contribution in [2.75, 3.05) is 18.0 Å². The summed E-state index contributed by atoms with van der Waals surface area (Å²) in [7, 11) is 0. The van der Waals surface area contributed by atoms with E-state index < -0.39 is 0 Å². The van der Waals surface area contributed by atoms with Gasteiger partial charge >= 0.3 is 0 Å². The molecule has 1 aliphatic carbocycles. The monoisotopic (exact) mass is 395 g/mol. The first-order chi connectivity index (χ1) is 14.6. The van der Waals surface area contributed by atoms with E-state index >= 15 is 0 Å². The molecular formula is C25H21N3O2. The molecule has 0 amide bonds. The largest absolute Gasteiger partial charge is 0.372 e. The van der Waals surface area contributed by atoms with Crippen LogP contribution in [0.3, 0.4) is 0 Å². The summed E-state index contributed by atoms with van der Waals surface area (Å²) in [6, 6.07) is 18.7. The van der Waals surface area contributed by atoms with E-state index in [1.807, 2.05) is 18.2 Å². The van der Waals surface area contributed by atoms with Crippen molar-refractivity contribution < 1.29 is 9.59 Å². The molecule has 0 saturated carbocycles. The molecule has 1 aromatic heterocycles. The highest BCUT2D eigenvalue weighted by Crippen LogP contribution is 2.33. The molecule has 1 aliphatic rings. The predicted molar refractivity (Wildman–Crippen MR) is 118 cm³/mol. The van der Waals surface area contributed by atoms with Crippen LogP contribution in [0.1, 0.15) is 45.7 Å². The minimum absolute atomic E-state index is 0.129. The van der Waals surface area contributed by atoms with Crippen LogP contribution < -0.4 is 4.90 Å². The lowest BCUT2D eigenvalue weighted by molar-refractivity contribution is 0.0980. The van der Waals surface area contributed by atoms with Crippen molar-refractivity contribution in [1.29, 1.82) is 0 Å². The Bertz CT molecular complexity index is 1300. The Kier molecular flexibility index (Phi) is 4.24. The van der Waals surface area contributed by atoms with Gasteiger partial charge in [-0.25, -0.2) is 4.98 Å². The number of rotatable bonds is 4. The summed E-state index contributed by atoms with van der Waals surface area (Å²) in [6.45, 7) is 6.17. The van der Waals surface area contributed by atoms with Crippen LogP contribution in [0.25, 0.3) is 22.4 Å². The number of nitrogens with zero attached hydrogens (tertiary/aromatic N) is 2. The molecule has 1 heterocycles. The van der Waals surface area contributed by atoms with Crippen molar-refractivity contribution >= 4 is 28.3 Å². The van der Waals surface area contributed by atoms with Crippen molar-refractivity contribution in [1.82, 2.24) is 9.97 Å². The molecule has 3 aromatic carbocycles. The maximum Gasteiger partial charge on any atom is 0.196 e. The summed E-state index contributed by atoms with van der Waals surface area (Å²) >= 11 is 0. The average molecular weight is 395 g/mol. The highest BCUT2D eigenvalue weighted by molar-refractivity contribution is 6.31. The third-order valence-electron chi connectivity index (χ3n) is 5.81. The number of ketones is 2. The average Bonchev–Trinajstić information content (AvgIpc) is 3.23. The number of aromatic amines is 1. The Balaban J connectivity index is 1.61. The molecule has 0 bridgehead atoms. The van der Waals surface area contributed by atoms with Crippen LogP contribution in [0.15, 0.2) is 60.7 Å². The molecule has 0 spiro atoms. The summed E-state index contributed by atoms with van der Waals surface area (Å²) in [5.74, 6) is 0.402. The third-order valence-corrected chi connectivity index (χ3v) is 5.81. The van der Waals surface area contributed by atoms with Gasteiger partial charge in [0.2, 0.25) is 0 Å². The van der Waals surface area contributed by atoms with E-state index in [2.05, 4.69) is 35.9 Å². The Labute approximate surface area is 174 Å². The number of nitrogens with one attached hydrogen (secondary N) is 1. The number of benzene rings is 3. The molecule has 5 nitrogen and oxygen atoms in total. The van der Waals surface area contributed by atoms with Gasteiger partial charge < -0.3 is 9.88 Å². The number of carbonyl (C=O) groups is 2. The highest BCUT2D eigenvalue weighted by Gasteiger charge is 2.32. The molecule has 0 atom stereocenters. The van der Waals surface area contributed by atoms with Crippen molar-refractivity contribution in [2.45, 2.75) is 13.8 Å². The second-order valence-electron chi connectivity index (χ2n) is 7.39. The molecule has 0 unspecified atom stereocenters. The second kappa shape index (κ2) is 6.95. The molecule has 1 N–H and O–H groups in total. The van der Waals surface area contributed by atoms with E-state index in [-0.39, 0.29) is 11.6 Å². The third kappa shape index (κ3) is 2.66. The van der Waals surface area contributed by atoms with Crippen molar-refractivity contribution in [3.05, 3.63) is 82.9 Å². The number of imidazole rings is 1. The Hall–Kier alpha value is -3.73. The second-order valence-corrected chi connectivity index (χ2v) is 7.39. The summed E-state index contributed by atoms with van der Waals surface area (Å²) in [4.78, 5) is 36.4. The van der Waals surface area contributed by atoms with Gasteiger partial charge in [-0.15, -0.1) is 0 Å². The predicted octanol–water partition coefficient (Wildman–Crippen LogP) is 4.85. The van der Waals surface area contributed by atoms with Gasteiger partial charge in [-0.3, -0.25) is 9.59 Å². The first kappa shape index (κ1) is 18.3. The smallest absolute Gasteiger partial charge is 0.196 e. The summed E-state index contributed by atoms with van der Waals surface area (Å²) < 4.78 is 0. The molecule has 5 heteroatoms. The van der Waals surface area contributed by atoms with E-state index in [0.717, 1.165) is 29.9 Å². The van der Waals surface area contributed by atoms with Gasteiger partial charge in [-0.1, -0.05) is 24.3 Å². The van der Waals surface area contributed by atoms with Gasteiger partial charge in [0, 0.05) is 41.0 Å². The molecule has 30 heavy (non-hydrogen) atoms. The minimum atomic E-state index is -0.152. The van der Waals surface area contributed by atoms with Crippen LogP contribution in [-0.4, -0.2) is 34.6 Å². The molecule has 5 rings (SSSR count). The molecule has 4 aromatic rings. The zero-order chi connectivity index (χ0) is 20.8. The number of aromatic nitrogens is 2. The molecule has 0 fully saturated rings. The van der Waals surface area contributed by atoms with Gasteiger partial charge in [0.15, 0.2) is 11.6 Å². The fourth-order valence-corrected chi connectivity index (χ4v) is 4.21. The molecular weight excluding hydrogens is 374 g/mol. The zero-order valence-electron chi connectivity index (χ0n) is 16.9. The molecule has 0 radical (unpaired) electrons. The van der Waals surface area contributed by atoms with Gasteiger partial charge in [0.25, 0.3) is 0 Å². The molecule has 148 valence electrons. The summed E-state index contributed by atoms with van der Waals surface area (Å²) in [5, 5.41) is 0. The zero-order valence-corrected chi connectivity index (χ0v) is 16.9. The summed E-state index contributed by atoms with van der Waals surface area (Å²) in [6.07, 6.45) is 0. The lowest BCUT2D eigenvalue weighted by atomic mass is 9.83. The number of carbonyl (C=O) groups excluding carboxylic acids is 2. The van der Waals surface area contributed by atoms with Crippen LogP contribution in [0.4, 0.5) is 5.69 Å². The van der Waals surface area contributed by atoms with E-state index in [1.165, 1.54) is 0 Å². The number of anilines is 1. The molecule has 0 saturated heterocycles. The fraction of sp³-hybridized carbons (Fsp3) is 0.160. The number of hydrogen-bond donors (Lipinski definition) is 1. The van der Waals surface area contributed by atoms with Crippen molar-refractivity contribution in [3.63, 3.8) is 0 Å². The van der Waals surface area contributed by atoms with Crippen LogP contribution >= 0.6 is 0 Å². The van der Waals surface area contributed by atoms with Gasteiger partial charge in [0.1, 0.15) is 11.3 Å². The quantitative estimate of drug-likeness (QED) is 0.472. The lowest BCUT2D eigenvalue weighted by Gasteiger charge is -2.20. The Morgan fingerprint density at radius 3 is 2.13 bits per heavy atom. The number of hydrogen-bond acceptors (Lipinski definition) is 4. The molecule has 0 aliphatic heterocycles. The van der Waals surface area contributed by atoms with Gasteiger partial charge in [0.05, 0.1) is 11.1 Å². The Morgan fingerprint density at radius 1 is 0.800 bits per heavy atom. The first-order valence-corrected chi connectivity index (χ1v) is 10.2. The van der Waals surface area contributed by atoms with Crippen LogP contribution in [0.5, 0.6) is 0 Å². The lowest BCUT2D eigenvalue weighted by Crippen LogP contribution is -2.21. The summed E-state index contributed by atoms with van der Waals surface area (Å²) in [5.41, 5.74) is 5.09. The van der Waals surface area contributed by atoms with E-state index in [9.17, 15) is 9.59 Å². The Morgan fingerprint density at radius 2 is 1.47 bits per heavy atom. The van der Waals surface area contributed by atoms with E-state index in [0.29, 0.717) is 33.6 Å². The van der Waals surface area contributed by atoms with Crippen molar-refractivity contribution in [2.24, 2.45) is 0 Å². The topological polar surface area (TPSA) is 66.1 Å². The maximum atomic E-state index is 13.2. The van der Waals surface area contributed by atoms with Gasteiger partial charge in [-0.05, 0) is 50.2 Å². The number of fused-ring (bicyclic) bond motifs is 4. The SMILES string of the molecule is CCN(CC)c1ccc(-c2nc3c4c(ccc3[nH]2)C(=O)c2ccccc2C4=O)cc1. The van der Waals surface area contributed by atoms with E-state index in [4.69, 9.17) is 4.98 Å². The fourth-order valence-electron chi connectivity index (χ4n) is 4.21. The van der Waals surface area contributed by atoms with Gasteiger partial charge in [-0.2, -0.15) is 0 Å². The standard InChI is InChI=1S/C25H21N3O2/c1-3-28(4-2)16-11-9-15(10-12-16)25-26-20-14-13-19-21(22(20)27-25)24(30)18-8-6-5-7-17(18)23(19)29/h5-14H,3-4H2,1-2H3,(H,26,27).